The maximum Gasteiger partial charge on any atom is 0.325 e. The first-order chi connectivity index (χ1) is 9.77. The van der Waals surface area contributed by atoms with Gasteiger partial charge in [0.05, 0.1) is 5.69 Å². The summed E-state index contributed by atoms with van der Waals surface area (Å²) in [6.45, 7) is 7.20. The van der Waals surface area contributed by atoms with Crippen molar-refractivity contribution >= 4 is 17.7 Å². The molecule has 6 heteroatoms. The minimum atomic E-state index is -1.05. The average Bonchev–Trinajstić information content (AvgIpc) is 2.40. The van der Waals surface area contributed by atoms with Crippen LogP contribution in [-0.2, 0) is 4.79 Å². The Bertz CT molecular complexity index is 528. The third-order valence-electron chi connectivity index (χ3n) is 3.21. The van der Waals surface area contributed by atoms with Gasteiger partial charge in [-0.05, 0) is 39.3 Å². The van der Waals surface area contributed by atoms with Crippen LogP contribution in [0.5, 0.6) is 5.75 Å². The lowest BCUT2D eigenvalue weighted by Crippen LogP contribution is -2.48. The van der Waals surface area contributed by atoms with Crippen LogP contribution in [0, 0.1) is 6.92 Å². The highest BCUT2D eigenvalue weighted by atomic mass is 16.4. The summed E-state index contributed by atoms with van der Waals surface area (Å²) in [7, 11) is 0. The van der Waals surface area contributed by atoms with Gasteiger partial charge in [0.2, 0.25) is 0 Å². The summed E-state index contributed by atoms with van der Waals surface area (Å²) in [6.07, 6.45) is 0. The third kappa shape index (κ3) is 4.11. The summed E-state index contributed by atoms with van der Waals surface area (Å²) in [5, 5.41) is 18.6. The molecule has 0 radical (unpaired) electrons. The second-order valence-electron chi connectivity index (χ2n) is 5.11. The Morgan fingerprint density at radius 3 is 2.38 bits per heavy atom. The van der Waals surface area contributed by atoms with Gasteiger partial charge in [0.25, 0.3) is 0 Å². The lowest BCUT2D eigenvalue weighted by Gasteiger charge is -2.32. The number of hydrogen-bond acceptors (Lipinski definition) is 3. The molecule has 6 nitrogen and oxygen atoms in total. The van der Waals surface area contributed by atoms with Gasteiger partial charge >= 0.3 is 12.0 Å². The Morgan fingerprint density at radius 1 is 1.29 bits per heavy atom. The maximum atomic E-state index is 12.6. The largest absolute Gasteiger partial charge is 0.508 e. The van der Waals surface area contributed by atoms with Gasteiger partial charge in [0, 0.05) is 18.7 Å². The van der Waals surface area contributed by atoms with Crippen LogP contribution in [0.3, 0.4) is 0 Å². The van der Waals surface area contributed by atoms with E-state index in [-0.39, 0.29) is 24.4 Å². The number of aryl methyl sites for hydroxylation is 1. The van der Waals surface area contributed by atoms with Crippen molar-refractivity contribution in [3.05, 3.63) is 23.8 Å². The molecule has 0 saturated heterocycles. The highest BCUT2D eigenvalue weighted by Crippen LogP contribution is 2.26. The van der Waals surface area contributed by atoms with Crippen molar-refractivity contribution in [3.8, 4) is 5.75 Å². The number of carbonyl (C=O) groups is 2. The molecule has 0 aliphatic rings. The van der Waals surface area contributed by atoms with Crippen molar-refractivity contribution in [2.24, 2.45) is 0 Å². The molecule has 116 valence electrons. The van der Waals surface area contributed by atoms with Crippen LogP contribution < -0.4 is 4.90 Å². The Kier molecular flexibility index (Phi) is 5.58. The first-order valence-electron chi connectivity index (χ1n) is 6.87. The number of amides is 2. The molecule has 1 aromatic carbocycles. The van der Waals surface area contributed by atoms with Crippen LogP contribution in [0.1, 0.15) is 26.3 Å². The van der Waals surface area contributed by atoms with E-state index in [1.165, 1.54) is 15.9 Å². The van der Waals surface area contributed by atoms with Gasteiger partial charge < -0.3 is 15.1 Å². The molecule has 0 fully saturated rings. The molecular formula is C15H22N2O4. The molecule has 0 aliphatic heterocycles. The topological polar surface area (TPSA) is 81.1 Å². The number of benzene rings is 1. The minimum Gasteiger partial charge on any atom is -0.508 e. The lowest BCUT2D eigenvalue weighted by molar-refractivity contribution is -0.137. The molecule has 2 N–H and O–H groups in total. The fourth-order valence-electron chi connectivity index (χ4n) is 2.07. The van der Waals surface area contributed by atoms with Crippen LogP contribution >= 0.6 is 0 Å². The molecule has 0 spiro atoms. The highest BCUT2D eigenvalue weighted by molar-refractivity contribution is 5.94. The van der Waals surface area contributed by atoms with E-state index in [4.69, 9.17) is 5.11 Å². The summed E-state index contributed by atoms with van der Waals surface area (Å²) in [6, 6.07) is 4.16. The van der Waals surface area contributed by atoms with Gasteiger partial charge in [-0.2, -0.15) is 0 Å². The number of carboxylic acid groups (broad SMARTS) is 1. The molecule has 0 bridgehead atoms. The number of rotatable bonds is 5. The zero-order valence-electron chi connectivity index (χ0n) is 12.8. The molecule has 0 unspecified atom stereocenters. The van der Waals surface area contributed by atoms with E-state index in [9.17, 15) is 14.7 Å². The third-order valence-corrected chi connectivity index (χ3v) is 3.21. The monoisotopic (exact) mass is 294 g/mol. The van der Waals surface area contributed by atoms with Crippen molar-refractivity contribution in [1.82, 2.24) is 4.90 Å². The SMILES string of the molecule is CCN(C(=O)N(CC(=O)O)C(C)C)c1cc(O)ccc1C. The first-order valence-corrected chi connectivity index (χ1v) is 6.87. The zero-order chi connectivity index (χ0) is 16.2. The molecule has 2 amide bonds. The van der Waals surface area contributed by atoms with Gasteiger partial charge in [-0.15, -0.1) is 0 Å². The smallest absolute Gasteiger partial charge is 0.325 e. The Labute approximate surface area is 124 Å². The van der Waals surface area contributed by atoms with Crippen LogP contribution in [0.2, 0.25) is 0 Å². The molecule has 0 aliphatic carbocycles. The summed E-state index contributed by atoms with van der Waals surface area (Å²) < 4.78 is 0. The van der Waals surface area contributed by atoms with Crippen LogP contribution in [0.15, 0.2) is 18.2 Å². The molecule has 0 aromatic heterocycles. The summed E-state index contributed by atoms with van der Waals surface area (Å²) in [5.74, 6) is -0.989. The number of aliphatic carboxylic acids is 1. The number of nitrogens with zero attached hydrogens (tertiary/aromatic N) is 2. The van der Waals surface area contributed by atoms with Crippen molar-refractivity contribution in [2.75, 3.05) is 18.0 Å². The van der Waals surface area contributed by atoms with Crippen LogP contribution in [0.25, 0.3) is 0 Å². The zero-order valence-corrected chi connectivity index (χ0v) is 12.8. The average molecular weight is 294 g/mol. The Hall–Kier alpha value is -2.24. The molecule has 0 heterocycles. The van der Waals surface area contributed by atoms with Gasteiger partial charge in [-0.25, -0.2) is 4.79 Å². The molecule has 21 heavy (non-hydrogen) atoms. The van der Waals surface area contributed by atoms with Crippen molar-refractivity contribution in [3.63, 3.8) is 0 Å². The number of anilines is 1. The number of phenols is 1. The number of hydrogen-bond donors (Lipinski definition) is 2. The normalized spacial score (nSPS) is 10.5. The van der Waals surface area contributed by atoms with E-state index < -0.39 is 5.97 Å². The predicted molar refractivity (Wildman–Crippen MR) is 80.7 cm³/mol. The number of urea groups is 1. The lowest BCUT2D eigenvalue weighted by atomic mass is 10.1. The van der Waals surface area contributed by atoms with E-state index in [0.29, 0.717) is 12.2 Å². The van der Waals surface area contributed by atoms with Crippen molar-refractivity contribution in [1.29, 1.82) is 0 Å². The number of aromatic hydroxyl groups is 1. The second kappa shape index (κ2) is 6.97. The number of carbonyl (C=O) groups excluding carboxylic acids is 1. The molecular weight excluding hydrogens is 272 g/mol. The maximum absolute atomic E-state index is 12.6. The summed E-state index contributed by atoms with van der Waals surface area (Å²) in [5.41, 5.74) is 1.42. The first kappa shape index (κ1) is 16.8. The standard InChI is InChI=1S/C15H22N2O4/c1-5-16(13-8-12(18)7-6-11(13)4)15(21)17(10(2)3)9-14(19)20/h6-8,10,18H,5,9H2,1-4H3,(H,19,20). The van der Waals surface area contributed by atoms with E-state index >= 15 is 0 Å². The van der Waals surface area contributed by atoms with E-state index in [1.54, 1.807) is 32.9 Å². The van der Waals surface area contributed by atoms with Crippen molar-refractivity contribution in [2.45, 2.75) is 33.7 Å². The molecule has 0 atom stereocenters. The van der Waals surface area contributed by atoms with Crippen molar-refractivity contribution < 1.29 is 19.8 Å². The van der Waals surface area contributed by atoms with E-state index in [0.717, 1.165) is 5.56 Å². The molecule has 1 aromatic rings. The Morgan fingerprint density at radius 2 is 1.90 bits per heavy atom. The van der Waals surface area contributed by atoms with E-state index in [2.05, 4.69) is 0 Å². The fourth-order valence-corrected chi connectivity index (χ4v) is 2.07. The second-order valence-corrected chi connectivity index (χ2v) is 5.11. The van der Waals surface area contributed by atoms with Gasteiger partial charge in [-0.1, -0.05) is 6.07 Å². The molecule has 0 saturated carbocycles. The fraction of sp³-hybridized carbons (Fsp3) is 0.467. The van der Waals surface area contributed by atoms with Gasteiger partial charge in [-0.3, -0.25) is 9.69 Å². The highest BCUT2D eigenvalue weighted by Gasteiger charge is 2.26. The van der Waals surface area contributed by atoms with Crippen LogP contribution in [-0.4, -0.2) is 46.2 Å². The van der Waals surface area contributed by atoms with Gasteiger partial charge in [0.1, 0.15) is 12.3 Å². The summed E-state index contributed by atoms with van der Waals surface area (Å²) in [4.78, 5) is 26.3. The predicted octanol–water partition coefficient (Wildman–Crippen LogP) is 2.44. The Balaban J connectivity index is 3.15. The number of phenolic OH excluding ortho intramolecular Hbond substituents is 1. The van der Waals surface area contributed by atoms with Crippen LogP contribution in [0.4, 0.5) is 10.5 Å². The summed E-state index contributed by atoms with van der Waals surface area (Å²) >= 11 is 0. The quantitative estimate of drug-likeness (QED) is 0.874. The minimum absolute atomic E-state index is 0.0659. The van der Waals surface area contributed by atoms with Gasteiger partial charge in [0.15, 0.2) is 0 Å². The molecule has 1 rings (SSSR count). The van der Waals surface area contributed by atoms with E-state index in [1.807, 2.05) is 6.92 Å². The number of carboxylic acids is 1.